The van der Waals surface area contributed by atoms with Crippen molar-refractivity contribution < 1.29 is 23.6 Å². The summed E-state index contributed by atoms with van der Waals surface area (Å²) in [5, 5.41) is 0. The predicted octanol–water partition coefficient (Wildman–Crippen LogP) is 1.53. The van der Waals surface area contributed by atoms with Gasteiger partial charge in [-0.1, -0.05) is 6.07 Å². The fourth-order valence-corrected chi connectivity index (χ4v) is 2.31. The van der Waals surface area contributed by atoms with Crippen molar-refractivity contribution in [2.45, 2.75) is 38.9 Å². The highest BCUT2D eigenvalue weighted by molar-refractivity contribution is 6.63. The Hall–Kier alpha value is -1.53. The fraction of sp³-hybridized carbons (Fsp3) is 0.500. The molecule has 2 aliphatic heterocycles. The maximum atomic E-state index is 11.4. The molecular weight excluding hydrogens is 259 g/mol. The van der Waals surface area contributed by atoms with Crippen molar-refractivity contribution in [3.8, 4) is 11.5 Å². The van der Waals surface area contributed by atoms with Crippen molar-refractivity contribution in [3.05, 3.63) is 17.7 Å². The number of rotatable bonds is 2. The SMILES string of the molecule is CC1(C)OB(c2ccc3c(c2C=O)OCO3)OC1(C)C. The van der Waals surface area contributed by atoms with E-state index in [1.54, 1.807) is 12.1 Å². The van der Waals surface area contributed by atoms with Gasteiger partial charge in [-0.05, 0) is 39.2 Å². The third kappa shape index (κ3) is 1.83. The summed E-state index contributed by atoms with van der Waals surface area (Å²) in [7, 11) is -0.588. The molecular formula is C14H17BO5. The molecule has 3 rings (SSSR count). The number of fused-ring (bicyclic) bond motifs is 1. The Labute approximate surface area is 118 Å². The van der Waals surface area contributed by atoms with E-state index in [1.165, 1.54) is 0 Å². The first-order valence-electron chi connectivity index (χ1n) is 6.59. The number of aldehydes is 1. The zero-order chi connectivity index (χ0) is 14.5. The van der Waals surface area contributed by atoms with Crippen LogP contribution >= 0.6 is 0 Å². The number of ether oxygens (including phenoxy) is 2. The second-order valence-corrected chi connectivity index (χ2v) is 6.01. The van der Waals surface area contributed by atoms with Gasteiger partial charge in [-0.25, -0.2) is 0 Å². The second-order valence-electron chi connectivity index (χ2n) is 6.01. The van der Waals surface area contributed by atoms with Crippen LogP contribution in [0.1, 0.15) is 38.1 Å². The summed E-state index contributed by atoms with van der Waals surface area (Å²) in [4.78, 5) is 11.4. The van der Waals surface area contributed by atoms with Crippen molar-refractivity contribution in [3.63, 3.8) is 0 Å². The fourth-order valence-electron chi connectivity index (χ4n) is 2.31. The molecule has 0 N–H and O–H groups in total. The molecule has 0 atom stereocenters. The van der Waals surface area contributed by atoms with Crippen LogP contribution < -0.4 is 14.9 Å². The van der Waals surface area contributed by atoms with Crippen LogP contribution in [0.5, 0.6) is 11.5 Å². The largest absolute Gasteiger partial charge is 0.495 e. The summed E-state index contributed by atoms with van der Waals surface area (Å²) in [5.74, 6) is 1.04. The molecule has 6 heteroatoms. The number of benzene rings is 1. The molecule has 20 heavy (non-hydrogen) atoms. The van der Waals surface area contributed by atoms with Crippen LogP contribution in [0.15, 0.2) is 12.1 Å². The van der Waals surface area contributed by atoms with Crippen LogP contribution in [-0.4, -0.2) is 31.4 Å². The molecule has 0 aromatic heterocycles. The number of carbonyl (C=O) groups excluding carboxylic acids is 1. The molecule has 1 aromatic carbocycles. The minimum absolute atomic E-state index is 0.128. The molecule has 0 aliphatic carbocycles. The van der Waals surface area contributed by atoms with Gasteiger partial charge in [0.05, 0.1) is 16.8 Å². The van der Waals surface area contributed by atoms with Crippen LogP contribution in [0, 0.1) is 0 Å². The van der Waals surface area contributed by atoms with Crippen molar-refractivity contribution in [1.82, 2.24) is 0 Å². The minimum Gasteiger partial charge on any atom is -0.454 e. The lowest BCUT2D eigenvalue weighted by Gasteiger charge is -2.32. The van der Waals surface area contributed by atoms with Gasteiger partial charge in [0.1, 0.15) is 0 Å². The summed E-state index contributed by atoms with van der Waals surface area (Å²) < 4.78 is 22.6. The number of hydrogen-bond acceptors (Lipinski definition) is 5. The Morgan fingerprint density at radius 2 is 1.75 bits per heavy atom. The molecule has 0 saturated carbocycles. The molecule has 1 saturated heterocycles. The molecule has 2 heterocycles. The van der Waals surface area contributed by atoms with Crippen molar-refractivity contribution >= 4 is 18.9 Å². The number of hydrogen-bond donors (Lipinski definition) is 0. The average Bonchev–Trinajstić information content (AvgIpc) is 2.91. The lowest BCUT2D eigenvalue weighted by molar-refractivity contribution is 0.00578. The molecule has 5 nitrogen and oxygen atoms in total. The molecule has 0 unspecified atom stereocenters. The lowest BCUT2D eigenvalue weighted by Crippen LogP contribution is -2.41. The maximum Gasteiger partial charge on any atom is 0.495 e. The second kappa shape index (κ2) is 4.23. The predicted molar refractivity (Wildman–Crippen MR) is 73.7 cm³/mol. The number of carbonyl (C=O) groups is 1. The molecule has 0 bridgehead atoms. The summed E-state index contributed by atoms with van der Waals surface area (Å²) in [5.41, 5.74) is 0.198. The maximum absolute atomic E-state index is 11.4. The van der Waals surface area contributed by atoms with Gasteiger partial charge >= 0.3 is 7.12 Å². The van der Waals surface area contributed by atoms with Gasteiger partial charge in [0.15, 0.2) is 17.8 Å². The minimum atomic E-state index is -0.588. The van der Waals surface area contributed by atoms with Gasteiger partial charge in [-0.3, -0.25) is 4.79 Å². The highest BCUT2D eigenvalue weighted by atomic mass is 16.7. The Balaban J connectivity index is 2.03. The Kier molecular flexibility index (Phi) is 2.85. The van der Waals surface area contributed by atoms with E-state index in [0.717, 1.165) is 6.29 Å². The van der Waals surface area contributed by atoms with Crippen LogP contribution in [0.4, 0.5) is 0 Å². The topological polar surface area (TPSA) is 54.0 Å². The zero-order valence-electron chi connectivity index (χ0n) is 12.1. The first-order valence-corrected chi connectivity index (χ1v) is 6.59. The van der Waals surface area contributed by atoms with E-state index < -0.39 is 18.3 Å². The monoisotopic (exact) mass is 276 g/mol. The first-order chi connectivity index (χ1) is 9.36. The van der Waals surface area contributed by atoms with Gasteiger partial charge in [0.25, 0.3) is 0 Å². The molecule has 0 amide bonds. The zero-order valence-corrected chi connectivity index (χ0v) is 12.1. The van der Waals surface area contributed by atoms with E-state index in [4.69, 9.17) is 18.8 Å². The Bertz CT molecular complexity index is 551. The van der Waals surface area contributed by atoms with Gasteiger partial charge in [0, 0.05) is 0 Å². The molecule has 0 radical (unpaired) electrons. The van der Waals surface area contributed by atoms with Gasteiger partial charge in [-0.15, -0.1) is 0 Å². The van der Waals surface area contributed by atoms with E-state index in [0.29, 0.717) is 22.5 Å². The first kappa shape index (κ1) is 13.5. The summed E-state index contributed by atoms with van der Waals surface area (Å²) in [6.45, 7) is 8.02. The van der Waals surface area contributed by atoms with Gasteiger partial charge < -0.3 is 18.8 Å². The van der Waals surface area contributed by atoms with Crippen molar-refractivity contribution in [1.29, 1.82) is 0 Å². The molecule has 0 spiro atoms. The average molecular weight is 276 g/mol. The van der Waals surface area contributed by atoms with E-state index in [1.807, 2.05) is 27.7 Å². The van der Waals surface area contributed by atoms with Crippen molar-refractivity contribution in [2.75, 3.05) is 6.79 Å². The summed E-state index contributed by atoms with van der Waals surface area (Å²) in [6.07, 6.45) is 0.758. The van der Waals surface area contributed by atoms with Crippen molar-refractivity contribution in [2.24, 2.45) is 0 Å². The smallest absolute Gasteiger partial charge is 0.454 e. The normalized spacial score (nSPS) is 22.1. The van der Waals surface area contributed by atoms with Crippen LogP contribution in [0.25, 0.3) is 0 Å². The molecule has 106 valence electrons. The van der Waals surface area contributed by atoms with Crippen LogP contribution in [-0.2, 0) is 9.31 Å². The summed E-state index contributed by atoms with van der Waals surface area (Å²) >= 11 is 0. The lowest BCUT2D eigenvalue weighted by atomic mass is 9.76. The van der Waals surface area contributed by atoms with E-state index >= 15 is 0 Å². The third-order valence-electron chi connectivity index (χ3n) is 4.24. The molecule has 1 aromatic rings. The van der Waals surface area contributed by atoms with Crippen LogP contribution in [0.3, 0.4) is 0 Å². The quantitative estimate of drug-likeness (QED) is 0.605. The third-order valence-corrected chi connectivity index (χ3v) is 4.24. The van der Waals surface area contributed by atoms with Gasteiger partial charge in [0.2, 0.25) is 6.79 Å². The van der Waals surface area contributed by atoms with E-state index in [2.05, 4.69) is 0 Å². The Morgan fingerprint density at radius 3 is 2.35 bits per heavy atom. The van der Waals surface area contributed by atoms with Gasteiger partial charge in [-0.2, -0.15) is 0 Å². The summed E-state index contributed by atoms with van der Waals surface area (Å²) in [6, 6.07) is 3.56. The van der Waals surface area contributed by atoms with E-state index in [-0.39, 0.29) is 6.79 Å². The Morgan fingerprint density at radius 1 is 1.10 bits per heavy atom. The molecule has 2 aliphatic rings. The van der Waals surface area contributed by atoms with E-state index in [9.17, 15) is 4.79 Å². The highest BCUT2D eigenvalue weighted by Crippen LogP contribution is 2.39. The standard InChI is InChI=1S/C14H17BO5/c1-13(2)14(3,4)20-15(19-13)10-5-6-11-12(9(10)7-16)18-8-17-11/h5-7H,8H2,1-4H3. The molecule has 1 fully saturated rings. The highest BCUT2D eigenvalue weighted by Gasteiger charge is 2.52. The van der Waals surface area contributed by atoms with Crippen LogP contribution in [0.2, 0.25) is 0 Å².